The third kappa shape index (κ3) is 2.28. The zero-order valence-corrected chi connectivity index (χ0v) is 11.9. The lowest BCUT2D eigenvalue weighted by Crippen LogP contribution is -2.19. The van der Waals surface area contributed by atoms with Gasteiger partial charge in [0.2, 0.25) is 0 Å². The molecule has 104 valence electrons. The predicted molar refractivity (Wildman–Crippen MR) is 79.5 cm³/mol. The first-order valence-corrected chi connectivity index (χ1v) is 7.17. The maximum Gasteiger partial charge on any atom is 0.195 e. The SMILES string of the molecule is CN(Cc1cccc(F)c1)c1nc2sccn2c1CN. The van der Waals surface area contributed by atoms with Crippen LogP contribution in [0.3, 0.4) is 0 Å². The molecule has 0 saturated heterocycles. The van der Waals surface area contributed by atoms with Crippen molar-refractivity contribution in [3.05, 3.63) is 52.9 Å². The number of nitrogens with two attached hydrogens (primary N) is 1. The van der Waals surface area contributed by atoms with Crippen LogP contribution in [0.4, 0.5) is 10.2 Å². The minimum Gasteiger partial charge on any atom is -0.354 e. The Morgan fingerprint density at radius 3 is 3.05 bits per heavy atom. The van der Waals surface area contributed by atoms with Crippen LogP contribution in [0.25, 0.3) is 4.96 Å². The zero-order chi connectivity index (χ0) is 14.1. The van der Waals surface area contributed by atoms with Crippen molar-refractivity contribution in [2.24, 2.45) is 5.73 Å². The first-order chi connectivity index (χ1) is 9.69. The monoisotopic (exact) mass is 290 g/mol. The fourth-order valence-corrected chi connectivity index (χ4v) is 3.03. The molecule has 4 nitrogen and oxygen atoms in total. The molecule has 3 aromatic rings. The molecule has 6 heteroatoms. The number of aromatic nitrogens is 2. The van der Waals surface area contributed by atoms with Gasteiger partial charge in [0, 0.05) is 31.7 Å². The van der Waals surface area contributed by atoms with E-state index in [9.17, 15) is 4.39 Å². The lowest BCUT2D eigenvalue weighted by atomic mass is 10.2. The highest BCUT2D eigenvalue weighted by Crippen LogP contribution is 2.24. The van der Waals surface area contributed by atoms with Crippen molar-refractivity contribution in [1.82, 2.24) is 9.38 Å². The number of halogens is 1. The van der Waals surface area contributed by atoms with Gasteiger partial charge in [-0.2, -0.15) is 0 Å². The predicted octanol–water partition coefficient (Wildman–Crippen LogP) is 2.63. The Hall–Kier alpha value is -1.92. The van der Waals surface area contributed by atoms with Gasteiger partial charge in [-0.25, -0.2) is 9.37 Å². The van der Waals surface area contributed by atoms with Gasteiger partial charge in [-0.05, 0) is 17.7 Å². The number of nitrogens with zero attached hydrogens (tertiary/aromatic N) is 3. The summed E-state index contributed by atoms with van der Waals surface area (Å²) >= 11 is 1.57. The summed E-state index contributed by atoms with van der Waals surface area (Å²) in [5, 5.41) is 1.98. The Morgan fingerprint density at radius 2 is 2.30 bits per heavy atom. The number of hydrogen-bond donors (Lipinski definition) is 1. The molecular formula is C14H15FN4S. The Labute approximate surface area is 120 Å². The van der Waals surface area contributed by atoms with Crippen LogP contribution in [-0.2, 0) is 13.1 Å². The minimum atomic E-state index is -0.222. The normalized spacial score (nSPS) is 11.2. The van der Waals surface area contributed by atoms with E-state index in [-0.39, 0.29) is 5.82 Å². The number of rotatable bonds is 4. The second-order valence-electron chi connectivity index (χ2n) is 4.63. The summed E-state index contributed by atoms with van der Waals surface area (Å²) in [6, 6.07) is 6.60. The molecule has 1 aromatic carbocycles. The smallest absolute Gasteiger partial charge is 0.195 e. The van der Waals surface area contributed by atoms with Gasteiger partial charge in [-0.15, -0.1) is 11.3 Å². The van der Waals surface area contributed by atoms with Crippen molar-refractivity contribution in [2.75, 3.05) is 11.9 Å². The average molecular weight is 290 g/mol. The summed E-state index contributed by atoms with van der Waals surface area (Å²) in [6.45, 7) is 1.01. The Kier molecular flexibility index (Phi) is 3.42. The van der Waals surface area contributed by atoms with Crippen molar-refractivity contribution in [3.8, 4) is 0 Å². The van der Waals surface area contributed by atoms with Crippen molar-refractivity contribution < 1.29 is 4.39 Å². The standard InChI is InChI=1S/C14H15FN4S/c1-18(9-10-3-2-4-11(15)7-10)13-12(8-16)19-5-6-20-14(19)17-13/h2-7H,8-9,16H2,1H3. The molecule has 2 N–H and O–H groups in total. The maximum absolute atomic E-state index is 13.2. The van der Waals surface area contributed by atoms with Crippen molar-refractivity contribution in [3.63, 3.8) is 0 Å². The Bertz CT molecular complexity index is 734. The van der Waals surface area contributed by atoms with Crippen LogP contribution >= 0.6 is 11.3 Å². The van der Waals surface area contributed by atoms with Gasteiger partial charge in [-0.1, -0.05) is 12.1 Å². The summed E-state index contributed by atoms with van der Waals surface area (Å²) in [5.74, 6) is 0.629. The molecule has 3 rings (SSSR count). The second kappa shape index (κ2) is 5.22. The van der Waals surface area contributed by atoms with E-state index in [0.717, 1.165) is 22.0 Å². The minimum absolute atomic E-state index is 0.222. The molecule has 0 unspecified atom stereocenters. The van der Waals surface area contributed by atoms with E-state index in [1.165, 1.54) is 12.1 Å². The summed E-state index contributed by atoms with van der Waals surface area (Å²) in [4.78, 5) is 7.52. The van der Waals surface area contributed by atoms with E-state index < -0.39 is 0 Å². The van der Waals surface area contributed by atoms with Crippen LogP contribution < -0.4 is 10.6 Å². The highest BCUT2D eigenvalue weighted by Gasteiger charge is 2.15. The van der Waals surface area contributed by atoms with E-state index in [2.05, 4.69) is 4.98 Å². The largest absolute Gasteiger partial charge is 0.354 e. The van der Waals surface area contributed by atoms with Crippen molar-refractivity contribution in [1.29, 1.82) is 0 Å². The van der Waals surface area contributed by atoms with Crippen LogP contribution in [-0.4, -0.2) is 16.4 Å². The van der Waals surface area contributed by atoms with E-state index in [0.29, 0.717) is 13.1 Å². The summed E-state index contributed by atoms with van der Waals surface area (Å²) in [7, 11) is 1.94. The molecule has 0 aliphatic carbocycles. The lowest BCUT2D eigenvalue weighted by molar-refractivity contribution is 0.625. The van der Waals surface area contributed by atoms with Gasteiger partial charge in [0.05, 0.1) is 5.69 Å². The van der Waals surface area contributed by atoms with Gasteiger partial charge in [-0.3, -0.25) is 4.40 Å². The van der Waals surface area contributed by atoms with E-state index in [1.54, 1.807) is 17.4 Å². The Balaban J connectivity index is 1.92. The molecule has 0 aliphatic heterocycles. The molecule has 2 heterocycles. The second-order valence-corrected chi connectivity index (χ2v) is 5.50. The summed E-state index contributed by atoms with van der Waals surface area (Å²) in [6.07, 6.45) is 1.97. The third-order valence-corrected chi connectivity index (χ3v) is 3.96. The topological polar surface area (TPSA) is 46.6 Å². The third-order valence-electron chi connectivity index (χ3n) is 3.20. The Morgan fingerprint density at radius 1 is 1.45 bits per heavy atom. The number of thiazole rings is 1. The van der Waals surface area contributed by atoms with Crippen LogP contribution in [0.5, 0.6) is 0 Å². The van der Waals surface area contributed by atoms with Crippen LogP contribution in [0.2, 0.25) is 0 Å². The summed E-state index contributed by atoms with van der Waals surface area (Å²) in [5.41, 5.74) is 7.71. The molecule has 20 heavy (non-hydrogen) atoms. The number of fused-ring (bicyclic) bond motifs is 1. The zero-order valence-electron chi connectivity index (χ0n) is 11.1. The molecule has 0 aliphatic rings. The van der Waals surface area contributed by atoms with Crippen LogP contribution in [0, 0.1) is 5.82 Å². The van der Waals surface area contributed by atoms with Gasteiger partial charge in [0.15, 0.2) is 10.8 Å². The molecule has 0 amide bonds. The quantitative estimate of drug-likeness (QED) is 0.803. The highest BCUT2D eigenvalue weighted by molar-refractivity contribution is 7.15. The van der Waals surface area contributed by atoms with E-state index in [1.807, 2.05) is 34.0 Å². The van der Waals surface area contributed by atoms with E-state index >= 15 is 0 Å². The molecule has 0 atom stereocenters. The molecule has 0 spiro atoms. The number of hydrogen-bond acceptors (Lipinski definition) is 4. The first kappa shape index (κ1) is 13.1. The van der Waals surface area contributed by atoms with E-state index in [4.69, 9.17) is 5.73 Å². The van der Waals surface area contributed by atoms with Gasteiger partial charge < -0.3 is 10.6 Å². The van der Waals surface area contributed by atoms with Gasteiger partial charge in [0.25, 0.3) is 0 Å². The van der Waals surface area contributed by atoms with Gasteiger partial charge in [0.1, 0.15) is 5.82 Å². The lowest BCUT2D eigenvalue weighted by Gasteiger charge is -2.18. The number of benzene rings is 1. The fourth-order valence-electron chi connectivity index (χ4n) is 2.30. The first-order valence-electron chi connectivity index (χ1n) is 6.29. The molecule has 0 radical (unpaired) electrons. The highest BCUT2D eigenvalue weighted by atomic mass is 32.1. The van der Waals surface area contributed by atoms with Gasteiger partial charge >= 0.3 is 0 Å². The molecular weight excluding hydrogens is 275 g/mol. The average Bonchev–Trinajstić information content (AvgIpc) is 2.98. The molecule has 0 fully saturated rings. The molecule has 0 bridgehead atoms. The maximum atomic E-state index is 13.2. The molecule has 0 saturated carbocycles. The fraction of sp³-hybridized carbons (Fsp3) is 0.214. The van der Waals surface area contributed by atoms with Crippen molar-refractivity contribution >= 4 is 22.1 Å². The van der Waals surface area contributed by atoms with Crippen molar-refractivity contribution in [2.45, 2.75) is 13.1 Å². The number of anilines is 1. The van der Waals surface area contributed by atoms with Crippen LogP contribution in [0.15, 0.2) is 35.8 Å². The number of imidazole rings is 1. The summed E-state index contributed by atoms with van der Waals surface area (Å²) < 4.78 is 15.2. The van der Waals surface area contributed by atoms with Crippen LogP contribution in [0.1, 0.15) is 11.3 Å². The molecule has 2 aromatic heterocycles.